The zero-order chi connectivity index (χ0) is 76.6. The summed E-state index contributed by atoms with van der Waals surface area (Å²) in [6.45, 7) is 12.8. The Balaban J connectivity index is 0.000000146. The summed E-state index contributed by atoms with van der Waals surface area (Å²) in [5.41, 5.74) is -3.20. The molecule has 0 radical (unpaired) electrons. The molecule has 562 valence electrons. The first-order valence-corrected chi connectivity index (χ1v) is 37.7. The molecule has 108 heavy (non-hydrogen) atoms. The normalized spacial score (nSPS) is 21.7. The summed E-state index contributed by atoms with van der Waals surface area (Å²) in [5, 5.41) is 26.1. The monoisotopic (exact) mass is 1650 g/mol. The molecule has 3 amide bonds. The first kappa shape index (κ1) is 78.5. The number of likely N-dealkylation sites (N-methyl/N-ethyl adjacent to an activating group) is 1. The molecule has 3 fully saturated rings. The van der Waals surface area contributed by atoms with Crippen LogP contribution in [-0.4, -0.2) is 161 Å². The van der Waals surface area contributed by atoms with Gasteiger partial charge in [-0.15, -0.1) is 0 Å². The molecular formula is C78H71BrCl6F3N11O9. The Bertz CT molecular complexity index is 4850. The van der Waals surface area contributed by atoms with Gasteiger partial charge in [0.1, 0.15) is 40.5 Å². The molecule has 0 bridgehead atoms. The second kappa shape index (κ2) is 32.8. The number of ether oxygens (including phenoxy) is 4. The van der Waals surface area contributed by atoms with Crippen molar-refractivity contribution in [3.05, 3.63) is 284 Å². The van der Waals surface area contributed by atoms with E-state index in [4.69, 9.17) is 88.6 Å². The molecule has 6 aliphatic heterocycles. The molecule has 0 saturated carbocycles. The number of piperazine rings is 1. The summed E-state index contributed by atoms with van der Waals surface area (Å²) in [7, 11) is 2.07. The number of amides is 3. The van der Waals surface area contributed by atoms with E-state index in [1.807, 2.05) is 13.8 Å². The first-order chi connectivity index (χ1) is 51.8. The maximum absolute atomic E-state index is 16.8. The van der Waals surface area contributed by atoms with Gasteiger partial charge in [-0.2, -0.15) is 0 Å². The van der Waals surface area contributed by atoms with Crippen LogP contribution in [0.5, 0.6) is 0 Å². The van der Waals surface area contributed by atoms with Gasteiger partial charge in [0, 0.05) is 119 Å². The minimum Gasteiger partial charge on any atom is -0.384 e. The molecule has 6 aliphatic rings. The van der Waals surface area contributed by atoms with Gasteiger partial charge in [0.2, 0.25) is 11.4 Å². The molecule has 9 aromatic rings. The highest BCUT2D eigenvalue weighted by atomic mass is 79.9. The molecule has 9 heterocycles. The van der Waals surface area contributed by atoms with E-state index in [0.717, 1.165) is 36.7 Å². The number of carbonyl (C=O) groups is 3. The van der Waals surface area contributed by atoms with Gasteiger partial charge in [-0.3, -0.25) is 34.0 Å². The molecular weight excluding hydrogens is 1580 g/mol. The number of hydrogen-bond donors (Lipinski definition) is 2. The summed E-state index contributed by atoms with van der Waals surface area (Å²) >= 11 is 39.4. The Hall–Kier alpha value is -7.60. The number of hydrogen-bond acceptors (Lipinski definition) is 17. The predicted molar refractivity (Wildman–Crippen MR) is 405 cm³/mol. The number of aromatic nitrogens is 6. The van der Waals surface area contributed by atoms with Crippen LogP contribution in [0.3, 0.4) is 0 Å². The number of carbonyl (C=O) groups excluding carboxylic acids is 3. The lowest BCUT2D eigenvalue weighted by Gasteiger charge is -2.41. The van der Waals surface area contributed by atoms with Crippen molar-refractivity contribution in [2.45, 2.75) is 94.1 Å². The van der Waals surface area contributed by atoms with E-state index in [1.165, 1.54) is 71.2 Å². The topological polar surface area (TPSA) is 222 Å². The van der Waals surface area contributed by atoms with E-state index in [9.17, 15) is 29.0 Å². The fourth-order valence-electron chi connectivity index (χ4n) is 14.3. The largest absolute Gasteiger partial charge is 0.384 e. The Kier molecular flexibility index (Phi) is 23.8. The second-order valence-electron chi connectivity index (χ2n) is 26.8. The molecule has 0 aliphatic carbocycles. The first-order valence-electron chi connectivity index (χ1n) is 34.6. The fraction of sp³-hybridized carbons (Fsp3) is 0.321. The lowest BCUT2D eigenvalue weighted by atomic mass is 9.85. The van der Waals surface area contributed by atoms with Gasteiger partial charge in [0.05, 0.1) is 93.5 Å². The number of β-amino-alcohol motifs (C(OH)–C–C–N with tert-alkyl or cyclic N) is 1. The van der Waals surface area contributed by atoms with Gasteiger partial charge in [-0.25, -0.2) is 43.1 Å². The Morgan fingerprint density at radius 3 is 1.38 bits per heavy atom. The Labute approximate surface area is 659 Å². The number of nitrogens with zero attached hydrogens (tertiary/aromatic N) is 11. The van der Waals surface area contributed by atoms with Crippen molar-refractivity contribution in [2.75, 3.05) is 66.2 Å². The molecule has 3 aromatic heterocycles. The van der Waals surface area contributed by atoms with Crippen LogP contribution in [0, 0.1) is 17.5 Å². The highest BCUT2D eigenvalue weighted by molar-refractivity contribution is 9.10. The summed E-state index contributed by atoms with van der Waals surface area (Å²) in [6.07, 6.45) is 9.94. The van der Waals surface area contributed by atoms with E-state index in [2.05, 4.69) is 69.3 Å². The van der Waals surface area contributed by atoms with Crippen LogP contribution in [0.4, 0.5) is 13.2 Å². The quantitative estimate of drug-likeness (QED) is 0.0768. The minimum absolute atomic E-state index is 0.0373. The molecule has 20 nitrogen and oxygen atoms in total. The summed E-state index contributed by atoms with van der Waals surface area (Å²) in [4.78, 5) is 75.5. The van der Waals surface area contributed by atoms with Crippen LogP contribution < -0.4 is 0 Å². The smallest absolute Gasteiger partial charge is 0.257 e. The van der Waals surface area contributed by atoms with Gasteiger partial charge in [-0.05, 0) is 122 Å². The van der Waals surface area contributed by atoms with Crippen molar-refractivity contribution in [2.24, 2.45) is 0 Å². The van der Waals surface area contributed by atoms with Gasteiger partial charge in [0.25, 0.3) is 17.7 Å². The summed E-state index contributed by atoms with van der Waals surface area (Å²) < 4.78 is 72.9. The molecule has 2 N–H and O–H groups in total. The van der Waals surface area contributed by atoms with Gasteiger partial charge in [-0.1, -0.05) is 142 Å². The van der Waals surface area contributed by atoms with E-state index in [1.54, 1.807) is 84.9 Å². The Morgan fingerprint density at radius 1 is 0.556 bits per heavy atom. The molecule has 6 atom stereocenters. The second-order valence-corrected chi connectivity index (χ2v) is 30.3. The van der Waals surface area contributed by atoms with E-state index in [-0.39, 0.29) is 64.9 Å². The van der Waals surface area contributed by atoms with Crippen molar-refractivity contribution < 1.29 is 56.7 Å². The minimum atomic E-state index is -2.05. The maximum atomic E-state index is 16.8. The zero-order valence-corrected chi connectivity index (χ0v) is 64.6. The van der Waals surface area contributed by atoms with Crippen LogP contribution in [0.15, 0.2) is 157 Å². The standard InChI is InChI=1S/C32H36Cl2FN5O4.C27H24Cl2FN3O3.C19H11BrCl2FN3O2/c1-3-31(42,20-39-11-9-38(2)10-12-39)22-14-26-29(27(35)15-22)32(44-25-8-13-43-19-25,21-4-6-23(33)7-5-21)40(30(26)41)18-28-36-16-24(34)17-37-28;1-3-16(2)17-10-22-25(23(30)11-17)27(36-21-8-9-35-15-21,18-4-6-19(28)7-5-18)33(26(22)34)14-24-31-12-20(29)13-32-24;20-11-5-14-17(15(23)6-11)19(28,10-1-3-12(21)4-2-10)26(18(14)27)9-16-24-7-13(22)8-25-16/h4-7,14-17,25,42H,3,8-13,18-20H2,1-2H3;4-7,10-13,21H,2-3,8-9,14-15H2,1H3;1-8,28H,9H2/t25-,31?,32+;21-,27+;/m00./s1. The van der Waals surface area contributed by atoms with E-state index in [0.29, 0.717) is 133 Å². The van der Waals surface area contributed by atoms with E-state index >= 15 is 8.78 Å². The van der Waals surface area contributed by atoms with Crippen molar-refractivity contribution in [3.8, 4) is 0 Å². The average molecular weight is 1660 g/mol. The van der Waals surface area contributed by atoms with Gasteiger partial charge < -0.3 is 34.1 Å². The average Bonchev–Trinajstić information content (AvgIpc) is 1.55. The molecule has 0 spiro atoms. The summed E-state index contributed by atoms with van der Waals surface area (Å²) in [6, 6.07) is 28.7. The van der Waals surface area contributed by atoms with Crippen LogP contribution in [-0.2, 0) is 61.4 Å². The molecule has 3 saturated heterocycles. The van der Waals surface area contributed by atoms with E-state index < -0.39 is 64.1 Å². The third-order valence-electron chi connectivity index (χ3n) is 20.0. The third-order valence-corrected chi connectivity index (χ3v) is 21.8. The highest BCUT2D eigenvalue weighted by Crippen LogP contribution is 2.53. The number of aliphatic hydroxyl groups is 2. The summed E-state index contributed by atoms with van der Waals surface area (Å²) in [5.74, 6) is -2.44. The molecule has 30 heteroatoms. The van der Waals surface area contributed by atoms with Gasteiger partial charge >= 0.3 is 0 Å². The van der Waals surface area contributed by atoms with Crippen LogP contribution in [0.2, 0.25) is 30.1 Å². The number of fused-ring (bicyclic) bond motifs is 3. The van der Waals surface area contributed by atoms with Crippen LogP contribution >= 0.6 is 85.5 Å². The molecule has 2 unspecified atom stereocenters. The predicted octanol–water partition coefficient (Wildman–Crippen LogP) is 15.0. The zero-order valence-electron chi connectivity index (χ0n) is 58.5. The van der Waals surface area contributed by atoms with Crippen LogP contribution in [0.1, 0.15) is 133 Å². The number of halogens is 10. The van der Waals surface area contributed by atoms with Crippen molar-refractivity contribution in [3.63, 3.8) is 0 Å². The number of benzene rings is 6. The fourth-order valence-corrected chi connectivity index (χ4v) is 15.4. The lowest BCUT2D eigenvalue weighted by molar-refractivity contribution is -0.149. The Morgan fingerprint density at radius 2 is 0.954 bits per heavy atom. The number of allylic oxidation sites excluding steroid dienone is 1. The number of rotatable bonds is 19. The highest BCUT2D eigenvalue weighted by Gasteiger charge is 2.59. The third kappa shape index (κ3) is 15.6. The maximum Gasteiger partial charge on any atom is 0.257 e. The molecule has 6 aromatic carbocycles. The SMILES string of the molecule is C=C(CC)c1cc(F)c2c(c1)C(=O)N(Cc1ncc(Cl)cn1)[C@@]2(O[C@H]1CCOC1)c1ccc(Cl)cc1.CCC(O)(CN1CCN(C)CC1)c1cc(F)c2c(c1)C(=O)N(Cc1ncc(Cl)cn1)[C@@]2(O[C@H]1CCOC1)c1ccc(Cl)cc1.O=C1c2cc(Br)cc(F)c2C(O)(c2ccc(Cl)cc2)N1Cc1ncc(Cl)cn1. The lowest BCUT2D eigenvalue weighted by Crippen LogP contribution is -2.50. The van der Waals surface area contributed by atoms with Gasteiger partial charge in [0.15, 0.2) is 5.72 Å². The van der Waals surface area contributed by atoms with Crippen LogP contribution in [0.25, 0.3) is 5.57 Å². The van der Waals surface area contributed by atoms with Crippen molar-refractivity contribution in [1.29, 1.82) is 0 Å². The van der Waals surface area contributed by atoms with Crippen molar-refractivity contribution >= 4 is 109 Å². The van der Waals surface area contributed by atoms with Crippen molar-refractivity contribution in [1.82, 2.24) is 54.4 Å². The molecule has 15 rings (SSSR count).